The lowest BCUT2D eigenvalue weighted by atomic mass is 9.92. The molecule has 0 aliphatic carbocycles. The molecule has 1 rings (SSSR count). The van der Waals surface area contributed by atoms with E-state index in [0.717, 1.165) is 32.4 Å². The van der Waals surface area contributed by atoms with Crippen LogP contribution in [0, 0.1) is 5.92 Å². The molecule has 0 aromatic carbocycles. The Morgan fingerprint density at radius 2 is 1.94 bits per heavy atom. The number of ether oxygens (including phenoxy) is 1. The van der Waals surface area contributed by atoms with E-state index in [4.69, 9.17) is 9.84 Å². The molecule has 0 saturated carbocycles. The van der Waals surface area contributed by atoms with Crippen LogP contribution in [-0.4, -0.2) is 41.4 Å². The van der Waals surface area contributed by atoms with E-state index in [1.54, 1.807) is 0 Å². The van der Waals surface area contributed by atoms with Gasteiger partial charge in [-0.2, -0.15) is 0 Å². The summed E-state index contributed by atoms with van der Waals surface area (Å²) >= 11 is 0. The average Bonchev–Trinajstić information content (AvgIpc) is 2.24. The highest BCUT2D eigenvalue weighted by Gasteiger charge is 2.21. The zero-order valence-electron chi connectivity index (χ0n) is 11.2. The van der Waals surface area contributed by atoms with E-state index < -0.39 is 5.97 Å². The van der Waals surface area contributed by atoms with E-state index in [-0.39, 0.29) is 5.60 Å². The predicted octanol–water partition coefficient (Wildman–Crippen LogP) is 2.34. The highest BCUT2D eigenvalue weighted by atomic mass is 16.5. The molecule has 0 amide bonds. The first-order valence-electron chi connectivity index (χ1n) is 6.45. The summed E-state index contributed by atoms with van der Waals surface area (Å²) in [6.45, 7) is 8.93. The molecule has 0 aromatic rings. The molecular weight excluding hydrogens is 218 g/mol. The lowest BCUT2D eigenvalue weighted by Crippen LogP contribution is -2.38. The molecule has 1 saturated heterocycles. The van der Waals surface area contributed by atoms with Gasteiger partial charge in [0.15, 0.2) is 0 Å². The Bertz CT molecular complexity index is 240. The van der Waals surface area contributed by atoms with Crippen molar-refractivity contribution in [2.75, 3.05) is 19.8 Å². The van der Waals surface area contributed by atoms with Crippen LogP contribution in [0.1, 0.15) is 46.5 Å². The first-order valence-corrected chi connectivity index (χ1v) is 6.45. The molecule has 100 valence electrons. The summed E-state index contributed by atoms with van der Waals surface area (Å²) in [7, 11) is 0. The molecular formula is C13H25NO3. The topological polar surface area (TPSA) is 49.8 Å². The SMILES string of the molecule is CC(C)(C)OCN1CCC(CCC(=O)O)CC1. The average molecular weight is 243 g/mol. The summed E-state index contributed by atoms with van der Waals surface area (Å²) in [4.78, 5) is 12.8. The number of hydrogen-bond acceptors (Lipinski definition) is 3. The van der Waals surface area contributed by atoms with Crippen LogP contribution in [0.5, 0.6) is 0 Å². The van der Waals surface area contributed by atoms with Gasteiger partial charge < -0.3 is 9.84 Å². The smallest absolute Gasteiger partial charge is 0.303 e. The van der Waals surface area contributed by atoms with Crippen molar-refractivity contribution >= 4 is 5.97 Å². The quantitative estimate of drug-likeness (QED) is 0.805. The Labute approximate surface area is 104 Å². The molecule has 0 unspecified atom stereocenters. The minimum absolute atomic E-state index is 0.0832. The monoisotopic (exact) mass is 243 g/mol. The van der Waals surface area contributed by atoms with Crippen molar-refractivity contribution in [3.05, 3.63) is 0 Å². The molecule has 0 bridgehead atoms. The summed E-state index contributed by atoms with van der Waals surface area (Å²) in [5.74, 6) is -0.0968. The third kappa shape index (κ3) is 6.64. The van der Waals surface area contributed by atoms with E-state index in [0.29, 0.717) is 19.1 Å². The van der Waals surface area contributed by atoms with E-state index in [2.05, 4.69) is 25.7 Å². The minimum Gasteiger partial charge on any atom is -0.481 e. The fourth-order valence-corrected chi connectivity index (χ4v) is 2.02. The van der Waals surface area contributed by atoms with Gasteiger partial charge in [0.05, 0.1) is 12.3 Å². The molecule has 4 heteroatoms. The lowest BCUT2D eigenvalue weighted by Gasteiger charge is -2.33. The number of aliphatic carboxylic acids is 1. The van der Waals surface area contributed by atoms with Crippen LogP contribution in [0.2, 0.25) is 0 Å². The summed E-state index contributed by atoms with van der Waals surface area (Å²) in [5.41, 5.74) is -0.0832. The molecule has 1 fully saturated rings. The van der Waals surface area contributed by atoms with Crippen molar-refractivity contribution in [3.63, 3.8) is 0 Å². The summed E-state index contributed by atoms with van der Waals surface area (Å²) in [5, 5.41) is 8.64. The zero-order valence-corrected chi connectivity index (χ0v) is 11.2. The van der Waals surface area contributed by atoms with Gasteiger partial charge in [0.1, 0.15) is 0 Å². The zero-order chi connectivity index (χ0) is 12.9. The van der Waals surface area contributed by atoms with Crippen molar-refractivity contribution in [3.8, 4) is 0 Å². The number of carbonyl (C=O) groups is 1. The largest absolute Gasteiger partial charge is 0.481 e. The van der Waals surface area contributed by atoms with Crippen molar-refractivity contribution in [2.24, 2.45) is 5.92 Å². The molecule has 0 spiro atoms. The Balaban J connectivity index is 2.15. The number of rotatable bonds is 5. The van der Waals surface area contributed by atoms with Gasteiger partial charge in [0.2, 0.25) is 0 Å². The standard InChI is InChI=1S/C13H25NO3/c1-13(2,3)17-10-14-8-6-11(7-9-14)4-5-12(15)16/h11H,4-10H2,1-3H3,(H,15,16). The fourth-order valence-electron chi connectivity index (χ4n) is 2.02. The second-order valence-electron chi connectivity index (χ2n) is 5.88. The Morgan fingerprint density at radius 1 is 1.35 bits per heavy atom. The molecule has 1 aliphatic heterocycles. The first kappa shape index (κ1) is 14.5. The van der Waals surface area contributed by atoms with Crippen molar-refractivity contribution in [1.29, 1.82) is 0 Å². The van der Waals surface area contributed by atoms with Crippen molar-refractivity contribution in [2.45, 2.75) is 52.1 Å². The third-order valence-corrected chi connectivity index (χ3v) is 3.15. The van der Waals surface area contributed by atoms with Crippen LogP contribution < -0.4 is 0 Å². The summed E-state index contributed by atoms with van der Waals surface area (Å²) < 4.78 is 5.73. The second-order valence-corrected chi connectivity index (χ2v) is 5.88. The second kappa shape index (κ2) is 6.36. The predicted molar refractivity (Wildman–Crippen MR) is 66.9 cm³/mol. The van der Waals surface area contributed by atoms with Crippen LogP contribution in [0.4, 0.5) is 0 Å². The van der Waals surface area contributed by atoms with Crippen LogP contribution in [-0.2, 0) is 9.53 Å². The maximum Gasteiger partial charge on any atom is 0.303 e. The number of piperidine rings is 1. The molecule has 4 nitrogen and oxygen atoms in total. The summed E-state index contributed by atoms with van der Waals surface area (Å²) in [6, 6.07) is 0. The lowest BCUT2D eigenvalue weighted by molar-refractivity contribution is -0.137. The van der Waals surface area contributed by atoms with Gasteiger partial charge >= 0.3 is 5.97 Å². The fraction of sp³-hybridized carbons (Fsp3) is 0.923. The molecule has 0 aromatic heterocycles. The summed E-state index contributed by atoms with van der Waals surface area (Å²) in [6.07, 6.45) is 3.33. The van der Waals surface area contributed by atoms with Gasteiger partial charge in [-0.1, -0.05) is 0 Å². The minimum atomic E-state index is -0.677. The van der Waals surface area contributed by atoms with Crippen LogP contribution in [0.15, 0.2) is 0 Å². The van der Waals surface area contributed by atoms with E-state index in [1.165, 1.54) is 0 Å². The Kier molecular flexibility index (Phi) is 5.40. The van der Waals surface area contributed by atoms with E-state index >= 15 is 0 Å². The van der Waals surface area contributed by atoms with Gasteiger partial charge in [-0.3, -0.25) is 9.69 Å². The van der Waals surface area contributed by atoms with Gasteiger partial charge in [-0.15, -0.1) is 0 Å². The van der Waals surface area contributed by atoms with Gasteiger partial charge in [-0.25, -0.2) is 0 Å². The molecule has 1 aliphatic rings. The molecule has 0 atom stereocenters. The van der Waals surface area contributed by atoms with Crippen LogP contribution in [0.3, 0.4) is 0 Å². The number of likely N-dealkylation sites (tertiary alicyclic amines) is 1. The van der Waals surface area contributed by atoms with E-state index in [9.17, 15) is 4.79 Å². The first-order chi connectivity index (χ1) is 7.87. The normalized spacial score (nSPS) is 19.5. The third-order valence-electron chi connectivity index (χ3n) is 3.15. The maximum atomic E-state index is 10.5. The number of carboxylic acids is 1. The Morgan fingerprint density at radius 3 is 2.41 bits per heavy atom. The van der Waals surface area contributed by atoms with Gasteiger partial charge in [0, 0.05) is 19.5 Å². The highest BCUT2D eigenvalue weighted by molar-refractivity contribution is 5.66. The number of hydrogen-bond donors (Lipinski definition) is 1. The van der Waals surface area contributed by atoms with Gasteiger partial charge in [0.25, 0.3) is 0 Å². The Hall–Kier alpha value is -0.610. The van der Waals surface area contributed by atoms with Crippen molar-refractivity contribution in [1.82, 2.24) is 4.90 Å². The van der Waals surface area contributed by atoms with Crippen molar-refractivity contribution < 1.29 is 14.6 Å². The number of nitrogens with zero attached hydrogens (tertiary/aromatic N) is 1. The highest BCUT2D eigenvalue weighted by Crippen LogP contribution is 2.22. The molecule has 17 heavy (non-hydrogen) atoms. The van der Waals surface area contributed by atoms with Gasteiger partial charge in [-0.05, 0) is 46.0 Å². The van der Waals surface area contributed by atoms with E-state index in [1.807, 2.05) is 0 Å². The number of carboxylic acid groups (broad SMARTS) is 1. The molecule has 0 radical (unpaired) electrons. The van der Waals surface area contributed by atoms with Crippen LogP contribution >= 0.6 is 0 Å². The molecule has 1 heterocycles. The van der Waals surface area contributed by atoms with Crippen LogP contribution in [0.25, 0.3) is 0 Å². The molecule has 1 N–H and O–H groups in total. The maximum absolute atomic E-state index is 10.5.